The van der Waals surface area contributed by atoms with Crippen LogP contribution in [0, 0.1) is 0 Å². The number of nitrogens with zero attached hydrogens (tertiary/aromatic N) is 1. The summed E-state index contributed by atoms with van der Waals surface area (Å²) in [5, 5.41) is 8.78. The van der Waals surface area contributed by atoms with Gasteiger partial charge in [0.2, 0.25) is 0 Å². The maximum atomic E-state index is 10.4. The van der Waals surface area contributed by atoms with Crippen LogP contribution in [0.3, 0.4) is 0 Å². The largest absolute Gasteiger partial charge is 0.448 e. The summed E-state index contributed by atoms with van der Waals surface area (Å²) in [5.74, 6) is 0. The highest BCUT2D eigenvalue weighted by Gasteiger charge is 2.04. The lowest BCUT2D eigenvalue weighted by molar-refractivity contribution is -0.0328. The number of amides is 1. The molecule has 0 unspecified atom stereocenters. The van der Waals surface area contributed by atoms with Gasteiger partial charge in [0.1, 0.15) is 0 Å². The molecule has 9 heavy (non-hydrogen) atoms. The Morgan fingerprint density at radius 3 is 2.89 bits per heavy atom. The zero-order chi connectivity index (χ0) is 7.28. The molecule has 0 aliphatic carbocycles. The van der Waals surface area contributed by atoms with Crippen molar-refractivity contribution in [3.8, 4) is 0 Å². The van der Waals surface area contributed by atoms with Crippen LogP contribution in [-0.4, -0.2) is 23.0 Å². The predicted molar refractivity (Wildman–Crippen MR) is 30.8 cm³/mol. The third-order valence-electron chi connectivity index (χ3n) is 0.628. The van der Waals surface area contributed by atoms with Crippen LogP contribution in [-0.2, 0) is 4.74 Å². The van der Waals surface area contributed by atoms with Crippen LogP contribution in [0.25, 0.3) is 0 Å². The molecule has 0 heterocycles. The molecular weight excluding hydrogens is 122 g/mol. The van der Waals surface area contributed by atoms with E-state index in [1.54, 1.807) is 6.92 Å². The molecule has 0 spiro atoms. The number of hydroxylamine groups is 2. The molecule has 0 rings (SSSR count). The highest BCUT2D eigenvalue weighted by atomic mass is 16.6. The number of carbonyl (C=O) groups excluding carboxylic acids is 1. The van der Waals surface area contributed by atoms with Crippen LogP contribution in [0.1, 0.15) is 6.92 Å². The monoisotopic (exact) mass is 131 g/mol. The molecule has 0 saturated heterocycles. The van der Waals surface area contributed by atoms with E-state index in [2.05, 4.69) is 11.3 Å². The molecule has 0 aliphatic rings. The third-order valence-corrected chi connectivity index (χ3v) is 0.628. The Hall–Kier alpha value is -1.03. The average molecular weight is 131 g/mol. The molecule has 1 amide bonds. The molecule has 0 aliphatic heterocycles. The van der Waals surface area contributed by atoms with Gasteiger partial charge >= 0.3 is 6.09 Å². The summed E-state index contributed by atoms with van der Waals surface area (Å²) in [6.07, 6.45) is 0.144. The van der Waals surface area contributed by atoms with Crippen molar-refractivity contribution < 1.29 is 14.7 Å². The first-order valence-corrected chi connectivity index (χ1v) is 2.49. The number of hydrogen-bond acceptors (Lipinski definition) is 3. The molecule has 52 valence electrons. The van der Waals surface area contributed by atoms with Crippen LogP contribution in [0.2, 0.25) is 0 Å². The Morgan fingerprint density at radius 1 is 2.00 bits per heavy atom. The van der Waals surface area contributed by atoms with Gasteiger partial charge in [-0.3, -0.25) is 5.21 Å². The van der Waals surface area contributed by atoms with Crippen molar-refractivity contribution in [3.63, 3.8) is 0 Å². The second-order valence-electron chi connectivity index (χ2n) is 1.23. The SMILES string of the molecule is C=CN(O)C(=O)OCC. The molecular formula is C5H9NO3. The molecule has 0 saturated carbocycles. The lowest BCUT2D eigenvalue weighted by atomic mass is 10.8. The fraction of sp³-hybridized carbons (Fsp3) is 0.400. The van der Waals surface area contributed by atoms with E-state index in [0.29, 0.717) is 0 Å². The standard InChI is InChI=1S/C5H9NO3/c1-3-6(8)5(7)9-4-2/h3,8H,1,4H2,2H3. The summed E-state index contributed by atoms with van der Waals surface area (Å²) in [6, 6.07) is 0. The van der Waals surface area contributed by atoms with Crippen LogP contribution in [0.15, 0.2) is 12.8 Å². The van der Waals surface area contributed by atoms with Gasteiger partial charge in [0.25, 0.3) is 0 Å². The fourth-order valence-electron chi connectivity index (χ4n) is 0.264. The highest BCUT2D eigenvalue weighted by Crippen LogP contribution is 1.87. The lowest BCUT2D eigenvalue weighted by Crippen LogP contribution is -2.21. The second-order valence-corrected chi connectivity index (χ2v) is 1.23. The predicted octanol–water partition coefficient (Wildman–Crippen LogP) is 0.978. The van der Waals surface area contributed by atoms with Gasteiger partial charge in [-0.1, -0.05) is 6.58 Å². The van der Waals surface area contributed by atoms with Gasteiger partial charge in [0.15, 0.2) is 0 Å². The maximum absolute atomic E-state index is 10.4. The van der Waals surface area contributed by atoms with Gasteiger partial charge < -0.3 is 4.74 Å². The van der Waals surface area contributed by atoms with E-state index in [9.17, 15) is 4.79 Å². The van der Waals surface area contributed by atoms with Crippen LogP contribution in [0.4, 0.5) is 4.79 Å². The topological polar surface area (TPSA) is 49.8 Å². The summed E-state index contributed by atoms with van der Waals surface area (Å²) in [4.78, 5) is 10.4. The van der Waals surface area contributed by atoms with Gasteiger partial charge in [0.05, 0.1) is 6.61 Å². The van der Waals surface area contributed by atoms with Crippen molar-refractivity contribution >= 4 is 6.09 Å². The van der Waals surface area contributed by atoms with Crippen molar-refractivity contribution in [3.05, 3.63) is 12.8 Å². The Labute approximate surface area is 53.3 Å². The minimum absolute atomic E-state index is 0.240. The van der Waals surface area contributed by atoms with Gasteiger partial charge in [-0.15, -0.1) is 0 Å². The van der Waals surface area contributed by atoms with Crippen molar-refractivity contribution in [2.45, 2.75) is 6.92 Å². The summed E-state index contributed by atoms with van der Waals surface area (Å²) in [7, 11) is 0. The highest BCUT2D eigenvalue weighted by molar-refractivity contribution is 5.66. The van der Waals surface area contributed by atoms with Gasteiger partial charge in [-0.2, -0.15) is 5.06 Å². The first-order chi connectivity index (χ1) is 4.22. The molecule has 0 aromatic carbocycles. The molecule has 0 radical (unpaired) electrons. The van der Waals surface area contributed by atoms with Crippen LogP contribution in [0.5, 0.6) is 0 Å². The fourth-order valence-corrected chi connectivity index (χ4v) is 0.264. The second kappa shape index (κ2) is 3.91. The molecule has 0 aromatic rings. The summed E-state index contributed by atoms with van der Waals surface area (Å²) in [6.45, 7) is 5.03. The normalized spacial score (nSPS) is 8.22. The van der Waals surface area contributed by atoms with E-state index >= 15 is 0 Å². The minimum Gasteiger partial charge on any atom is -0.448 e. The van der Waals surface area contributed by atoms with Crippen molar-refractivity contribution in [2.24, 2.45) is 0 Å². The molecule has 0 bridgehead atoms. The number of rotatable bonds is 2. The Bertz CT molecular complexity index is 113. The van der Waals surface area contributed by atoms with Crippen LogP contribution < -0.4 is 0 Å². The number of hydrogen-bond donors (Lipinski definition) is 1. The zero-order valence-corrected chi connectivity index (χ0v) is 5.20. The van der Waals surface area contributed by atoms with E-state index in [-0.39, 0.29) is 11.7 Å². The number of carbonyl (C=O) groups is 1. The summed E-state index contributed by atoms with van der Waals surface area (Å²) >= 11 is 0. The Morgan fingerprint density at radius 2 is 2.56 bits per heavy atom. The van der Waals surface area contributed by atoms with E-state index < -0.39 is 6.09 Å². The maximum Gasteiger partial charge on any atom is 0.438 e. The Balaban J connectivity index is 3.58. The van der Waals surface area contributed by atoms with E-state index in [1.807, 2.05) is 0 Å². The van der Waals surface area contributed by atoms with Gasteiger partial charge in [-0.25, -0.2) is 4.79 Å². The molecule has 4 nitrogen and oxygen atoms in total. The van der Waals surface area contributed by atoms with E-state index in [1.165, 1.54) is 0 Å². The van der Waals surface area contributed by atoms with Gasteiger partial charge in [0, 0.05) is 6.20 Å². The third kappa shape index (κ3) is 2.71. The molecule has 4 heteroatoms. The molecule has 1 N–H and O–H groups in total. The number of ether oxygens (including phenoxy) is 1. The van der Waals surface area contributed by atoms with E-state index in [0.717, 1.165) is 6.20 Å². The molecule has 0 aromatic heterocycles. The lowest BCUT2D eigenvalue weighted by Gasteiger charge is -2.06. The minimum atomic E-state index is -0.812. The molecule has 0 atom stereocenters. The van der Waals surface area contributed by atoms with Crippen molar-refractivity contribution in [1.82, 2.24) is 5.06 Å². The smallest absolute Gasteiger partial charge is 0.438 e. The van der Waals surface area contributed by atoms with Crippen LogP contribution >= 0.6 is 0 Å². The van der Waals surface area contributed by atoms with Crippen molar-refractivity contribution in [2.75, 3.05) is 6.61 Å². The summed E-state index contributed by atoms with van der Waals surface area (Å²) in [5.41, 5.74) is 0. The van der Waals surface area contributed by atoms with E-state index in [4.69, 9.17) is 5.21 Å². The summed E-state index contributed by atoms with van der Waals surface area (Å²) < 4.78 is 4.36. The van der Waals surface area contributed by atoms with Gasteiger partial charge in [-0.05, 0) is 6.92 Å². The average Bonchev–Trinajstić information content (AvgIpc) is 1.87. The first-order valence-electron chi connectivity index (χ1n) is 2.49. The molecule has 0 fully saturated rings. The quantitative estimate of drug-likeness (QED) is 0.449. The van der Waals surface area contributed by atoms with Crippen molar-refractivity contribution in [1.29, 1.82) is 0 Å². The Kier molecular flexibility index (Phi) is 3.46. The zero-order valence-electron chi connectivity index (χ0n) is 5.20. The first kappa shape index (κ1) is 7.97.